The third kappa shape index (κ3) is 6.71. The Bertz CT molecular complexity index is 1210. The van der Waals surface area contributed by atoms with E-state index in [1.54, 1.807) is 18.2 Å². The van der Waals surface area contributed by atoms with Gasteiger partial charge in [0.25, 0.3) is 0 Å². The lowest BCUT2D eigenvalue weighted by atomic mass is 10.2. The average molecular weight is 481 g/mol. The highest BCUT2D eigenvalue weighted by molar-refractivity contribution is 6.30. The third-order valence-electron chi connectivity index (χ3n) is 4.79. The number of halogens is 2. The maximum atomic E-state index is 12.3. The van der Waals surface area contributed by atoms with E-state index in [4.69, 9.17) is 23.2 Å². The number of rotatable bonds is 9. The first-order valence-electron chi connectivity index (χ1n) is 10.3. The summed E-state index contributed by atoms with van der Waals surface area (Å²) in [4.78, 5) is 24.5. The molecule has 9 heteroatoms. The fraction of sp³-hybridized carbons (Fsp3) is 0.125. The number of aromatic amines is 1. The van der Waals surface area contributed by atoms with Crippen molar-refractivity contribution in [2.75, 3.05) is 17.2 Å². The van der Waals surface area contributed by atoms with Crippen LogP contribution in [0.5, 0.6) is 0 Å². The molecule has 168 valence electrons. The molecule has 0 unspecified atom stereocenters. The fourth-order valence-corrected chi connectivity index (χ4v) is 3.45. The Morgan fingerprint density at radius 3 is 2.48 bits per heavy atom. The molecular weight excluding hydrogens is 459 g/mol. The van der Waals surface area contributed by atoms with Gasteiger partial charge in [-0.2, -0.15) is 4.98 Å². The topological polar surface area (TPSA) is 94.7 Å². The summed E-state index contributed by atoms with van der Waals surface area (Å²) >= 11 is 12.0. The van der Waals surface area contributed by atoms with Crippen LogP contribution in [0.25, 0.3) is 11.3 Å². The van der Waals surface area contributed by atoms with E-state index in [2.05, 4.69) is 30.9 Å². The van der Waals surface area contributed by atoms with Gasteiger partial charge < -0.3 is 20.9 Å². The van der Waals surface area contributed by atoms with Crippen LogP contribution in [-0.4, -0.2) is 27.4 Å². The molecule has 0 spiro atoms. The van der Waals surface area contributed by atoms with Gasteiger partial charge in [-0.05, 0) is 41.5 Å². The molecule has 0 saturated carbocycles. The molecule has 2 aromatic carbocycles. The Kier molecular flexibility index (Phi) is 7.44. The predicted molar refractivity (Wildman–Crippen MR) is 132 cm³/mol. The van der Waals surface area contributed by atoms with E-state index in [-0.39, 0.29) is 12.5 Å². The fourth-order valence-electron chi connectivity index (χ4n) is 3.11. The van der Waals surface area contributed by atoms with Crippen LogP contribution in [0.4, 0.5) is 11.8 Å². The maximum Gasteiger partial charge on any atom is 0.239 e. The van der Waals surface area contributed by atoms with E-state index in [0.717, 1.165) is 22.4 Å². The Labute approximate surface area is 201 Å². The van der Waals surface area contributed by atoms with E-state index in [1.807, 2.05) is 54.9 Å². The minimum absolute atomic E-state index is 0.0743. The summed E-state index contributed by atoms with van der Waals surface area (Å²) < 4.78 is 0. The zero-order chi connectivity index (χ0) is 23.0. The number of hydrogen-bond donors (Lipinski definition) is 4. The number of anilines is 2. The number of H-pyrrole nitrogens is 1. The molecule has 0 atom stereocenters. The Morgan fingerprint density at radius 2 is 1.73 bits per heavy atom. The van der Waals surface area contributed by atoms with Crippen molar-refractivity contribution in [3.8, 4) is 11.3 Å². The summed E-state index contributed by atoms with van der Waals surface area (Å²) in [6.45, 7) is 1.01. The molecule has 4 aromatic rings. The van der Waals surface area contributed by atoms with Crippen molar-refractivity contribution >= 4 is 40.9 Å². The number of benzene rings is 2. The molecule has 4 N–H and O–H groups in total. The monoisotopic (exact) mass is 480 g/mol. The minimum Gasteiger partial charge on any atom is -0.367 e. The number of carbonyl (C=O) groups is 1. The highest BCUT2D eigenvalue weighted by Crippen LogP contribution is 2.21. The second kappa shape index (κ2) is 10.8. The molecule has 0 aliphatic heterocycles. The van der Waals surface area contributed by atoms with Crippen molar-refractivity contribution in [2.45, 2.75) is 13.1 Å². The van der Waals surface area contributed by atoms with Gasteiger partial charge >= 0.3 is 0 Å². The van der Waals surface area contributed by atoms with Gasteiger partial charge in [-0.3, -0.25) is 4.79 Å². The van der Waals surface area contributed by atoms with E-state index in [1.165, 1.54) is 0 Å². The van der Waals surface area contributed by atoms with Crippen LogP contribution in [-0.2, 0) is 17.9 Å². The molecule has 0 aliphatic carbocycles. The molecule has 2 heterocycles. The molecule has 0 bridgehead atoms. The van der Waals surface area contributed by atoms with Crippen LogP contribution in [0.15, 0.2) is 73.1 Å². The SMILES string of the molecule is O=C(CNc1cc(-c2cc[nH]c2)nc(NCc2cccc(Cl)c2)n1)NCc1ccc(Cl)cc1. The van der Waals surface area contributed by atoms with Gasteiger partial charge in [0.2, 0.25) is 11.9 Å². The Balaban J connectivity index is 1.41. The number of carbonyl (C=O) groups excluding carboxylic acids is 1. The Morgan fingerprint density at radius 1 is 0.879 bits per heavy atom. The van der Waals surface area contributed by atoms with Crippen molar-refractivity contribution < 1.29 is 4.79 Å². The number of nitrogens with zero attached hydrogens (tertiary/aromatic N) is 2. The zero-order valence-corrected chi connectivity index (χ0v) is 19.1. The normalized spacial score (nSPS) is 10.6. The number of hydrogen-bond acceptors (Lipinski definition) is 5. The summed E-state index contributed by atoms with van der Waals surface area (Å²) in [5.41, 5.74) is 3.62. The van der Waals surface area contributed by atoms with Gasteiger partial charge in [0.15, 0.2) is 0 Å². The quantitative estimate of drug-likeness (QED) is 0.266. The van der Waals surface area contributed by atoms with Crippen molar-refractivity contribution in [1.82, 2.24) is 20.3 Å². The smallest absolute Gasteiger partial charge is 0.239 e. The van der Waals surface area contributed by atoms with Gasteiger partial charge in [-0.25, -0.2) is 4.98 Å². The molecule has 0 radical (unpaired) electrons. The Hall–Kier alpha value is -3.55. The van der Waals surface area contributed by atoms with Crippen LogP contribution < -0.4 is 16.0 Å². The predicted octanol–water partition coefficient (Wildman–Crippen LogP) is 5.12. The van der Waals surface area contributed by atoms with Crippen LogP contribution in [0.1, 0.15) is 11.1 Å². The molecule has 0 fully saturated rings. The number of aromatic nitrogens is 3. The summed E-state index contributed by atoms with van der Waals surface area (Å²) in [5, 5.41) is 10.5. The summed E-state index contributed by atoms with van der Waals surface area (Å²) in [7, 11) is 0. The zero-order valence-electron chi connectivity index (χ0n) is 17.6. The number of amides is 1. The lowest BCUT2D eigenvalue weighted by molar-refractivity contribution is -0.119. The minimum atomic E-state index is -0.153. The van der Waals surface area contributed by atoms with Gasteiger partial charge in [-0.15, -0.1) is 0 Å². The molecule has 4 rings (SSSR count). The second-order valence-corrected chi connectivity index (χ2v) is 8.17. The van der Waals surface area contributed by atoms with E-state index < -0.39 is 0 Å². The summed E-state index contributed by atoms with van der Waals surface area (Å²) in [5.74, 6) is 0.828. The van der Waals surface area contributed by atoms with Crippen molar-refractivity contribution in [2.24, 2.45) is 0 Å². The lowest BCUT2D eigenvalue weighted by Crippen LogP contribution is -2.29. The first-order chi connectivity index (χ1) is 16.0. The molecular formula is C24H22Cl2N6O. The van der Waals surface area contributed by atoms with Crippen LogP contribution >= 0.6 is 23.2 Å². The van der Waals surface area contributed by atoms with Crippen LogP contribution in [0, 0.1) is 0 Å². The highest BCUT2D eigenvalue weighted by atomic mass is 35.5. The van der Waals surface area contributed by atoms with Gasteiger partial charge in [0.1, 0.15) is 5.82 Å². The highest BCUT2D eigenvalue weighted by Gasteiger charge is 2.09. The van der Waals surface area contributed by atoms with E-state index >= 15 is 0 Å². The molecule has 7 nitrogen and oxygen atoms in total. The van der Waals surface area contributed by atoms with Crippen LogP contribution in [0.2, 0.25) is 10.0 Å². The molecule has 1 amide bonds. The van der Waals surface area contributed by atoms with Crippen molar-refractivity contribution in [3.63, 3.8) is 0 Å². The standard InChI is InChI=1S/C24H22Cl2N6O/c25-19-6-4-16(5-7-19)12-29-23(33)15-28-22-11-21(18-8-9-27-14-18)31-24(32-22)30-13-17-2-1-3-20(26)10-17/h1-11,14,27H,12-13,15H2,(H,29,33)(H2,28,30,31,32). The van der Waals surface area contributed by atoms with Gasteiger partial charge in [0, 0.05) is 47.2 Å². The molecule has 2 aromatic heterocycles. The summed E-state index contributed by atoms with van der Waals surface area (Å²) in [6.07, 6.45) is 3.68. The maximum absolute atomic E-state index is 12.3. The van der Waals surface area contributed by atoms with Gasteiger partial charge in [0.05, 0.1) is 12.2 Å². The first kappa shape index (κ1) is 22.6. The second-order valence-electron chi connectivity index (χ2n) is 7.30. The van der Waals surface area contributed by atoms with Crippen molar-refractivity contribution in [1.29, 1.82) is 0 Å². The molecule has 0 aliphatic rings. The van der Waals surface area contributed by atoms with E-state index in [9.17, 15) is 4.79 Å². The molecule has 0 saturated heterocycles. The van der Waals surface area contributed by atoms with Crippen LogP contribution in [0.3, 0.4) is 0 Å². The van der Waals surface area contributed by atoms with E-state index in [0.29, 0.717) is 34.9 Å². The number of nitrogens with one attached hydrogen (secondary N) is 4. The van der Waals surface area contributed by atoms with Crippen molar-refractivity contribution in [3.05, 3.63) is 94.2 Å². The van der Waals surface area contributed by atoms with Gasteiger partial charge in [-0.1, -0.05) is 47.5 Å². The summed E-state index contributed by atoms with van der Waals surface area (Å²) in [6, 6.07) is 18.6. The lowest BCUT2D eigenvalue weighted by Gasteiger charge is -2.11. The average Bonchev–Trinajstić information content (AvgIpc) is 3.36. The third-order valence-corrected chi connectivity index (χ3v) is 5.28. The molecule has 33 heavy (non-hydrogen) atoms. The first-order valence-corrected chi connectivity index (χ1v) is 11.1. The largest absolute Gasteiger partial charge is 0.367 e.